The zero-order valence-corrected chi connectivity index (χ0v) is 13.3. The number of benzene rings is 1. The summed E-state index contributed by atoms with van der Waals surface area (Å²) in [5.41, 5.74) is -1.51. The lowest BCUT2D eigenvalue weighted by Crippen LogP contribution is -2.11. The number of halogens is 3. The molecule has 0 amide bonds. The zero-order chi connectivity index (χ0) is 17.3. The van der Waals surface area contributed by atoms with Gasteiger partial charge in [0.2, 0.25) is 0 Å². The van der Waals surface area contributed by atoms with Gasteiger partial charge in [0, 0.05) is 22.9 Å². The van der Waals surface area contributed by atoms with Gasteiger partial charge in [0.25, 0.3) is 0 Å². The van der Waals surface area contributed by atoms with Gasteiger partial charge in [-0.1, -0.05) is 6.92 Å². The molecule has 0 saturated carbocycles. The molecule has 3 rings (SSSR count). The molecule has 1 aromatic carbocycles. The molecule has 24 heavy (non-hydrogen) atoms. The maximum atomic E-state index is 13.0. The Labute approximate surface area is 138 Å². The molecule has 0 atom stereocenters. The lowest BCUT2D eigenvalue weighted by molar-refractivity contribution is -0.136. The molecule has 4 nitrogen and oxygen atoms in total. The number of hydrogen-bond acceptors (Lipinski definition) is 5. The SMILES string of the molecule is CCc1nc(COc2ccc3c(C(F)(F)F)cc(=O)oc3c2)cs1. The Morgan fingerprint density at radius 2 is 2.08 bits per heavy atom. The first-order valence-corrected chi connectivity index (χ1v) is 7.96. The smallest absolute Gasteiger partial charge is 0.417 e. The van der Waals surface area contributed by atoms with Gasteiger partial charge < -0.3 is 9.15 Å². The maximum Gasteiger partial charge on any atom is 0.417 e. The molecule has 0 unspecified atom stereocenters. The van der Waals surface area contributed by atoms with Crippen molar-refractivity contribution in [3.63, 3.8) is 0 Å². The third-order valence-electron chi connectivity index (χ3n) is 3.31. The first kappa shape index (κ1) is 16.5. The van der Waals surface area contributed by atoms with Crippen molar-refractivity contribution in [2.24, 2.45) is 0 Å². The second-order valence-corrected chi connectivity index (χ2v) is 5.95. The number of thiazole rings is 1. The van der Waals surface area contributed by atoms with Gasteiger partial charge in [0.15, 0.2) is 0 Å². The van der Waals surface area contributed by atoms with E-state index in [0.29, 0.717) is 11.8 Å². The molecule has 2 heterocycles. The van der Waals surface area contributed by atoms with Crippen LogP contribution in [0.1, 0.15) is 23.2 Å². The fourth-order valence-corrected chi connectivity index (χ4v) is 2.93. The molecule has 0 spiro atoms. The van der Waals surface area contributed by atoms with Crippen LogP contribution in [0.15, 0.2) is 38.9 Å². The molecular weight excluding hydrogens is 343 g/mol. The van der Waals surface area contributed by atoms with Gasteiger partial charge in [-0.2, -0.15) is 13.2 Å². The van der Waals surface area contributed by atoms with Crippen molar-refractivity contribution >= 4 is 22.3 Å². The summed E-state index contributed by atoms with van der Waals surface area (Å²) >= 11 is 1.52. The van der Waals surface area contributed by atoms with E-state index < -0.39 is 17.4 Å². The van der Waals surface area contributed by atoms with Crippen LogP contribution in [0.4, 0.5) is 13.2 Å². The second-order valence-electron chi connectivity index (χ2n) is 5.01. The number of aryl methyl sites for hydroxylation is 1. The van der Waals surface area contributed by atoms with E-state index in [2.05, 4.69) is 4.98 Å². The summed E-state index contributed by atoms with van der Waals surface area (Å²) < 4.78 is 49.3. The average molecular weight is 355 g/mol. The molecule has 0 fully saturated rings. The standard InChI is InChI=1S/C16H12F3NO3S/c1-2-14-20-9(8-24-14)7-22-10-3-4-11-12(16(17,18)19)6-15(21)23-13(11)5-10/h3-6,8H,2,7H2,1H3. The van der Waals surface area contributed by atoms with Crippen LogP contribution in [0.2, 0.25) is 0 Å². The van der Waals surface area contributed by atoms with Gasteiger partial charge in [0.1, 0.15) is 17.9 Å². The number of rotatable bonds is 4. The Hall–Kier alpha value is -2.35. The predicted molar refractivity (Wildman–Crippen MR) is 83.3 cm³/mol. The Kier molecular flexibility index (Phi) is 4.31. The monoisotopic (exact) mass is 355 g/mol. The van der Waals surface area contributed by atoms with Crippen molar-refractivity contribution in [2.75, 3.05) is 0 Å². The van der Waals surface area contributed by atoms with Crippen LogP contribution in [-0.4, -0.2) is 4.98 Å². The fraction of sp³-hybridized carbons (Fsp3) is 0.250. The van der Waals surface area contributed by atoms with E-state index in [9.17, 15) is 18.0 Å². The molecule has 0 aliphatic carbocycles. The summed E-state index contributed by atoms with van der Waals surface area (Å²) in [4.78, 5) is 15.7. The Balaban J connectivity index is 1.89. The highest BCUT2D eigenvalue weighted by atomic mass is 32.1. The van der Waals surface area contributed by atoms with Gasteiger partial charge in [-0.3, -0.25) is 0 Å². The Morgan fingerprint density at radius 1 is 1.29 bits per heavy atom. The summed E-state index contributed by atoms with van der Waals surface area (Å²) in [6, 6.07) is 4.36. The van der Waals surface area contributed by atoms with Crippen LogP contribution >= 0.6 is 11.3 Å². The van der Waals surface area contributed by atoms with Crippen molar-refractivity contribution in [3.8, 4) is 5.75 Å². The predicted octanol–water partition coefficient (Wildman–Crippen LogP) is 4.41. The van der Waals surface area contributed by atoms with Crippen LogP contribution in [0.3, 0.4) is 0 Å². The van der Waals surface area contributed by atoms with Crippen molar-refractivity contribution < 1.29 is 22.3 Å². The third kappa shape index (κ3) is 3.43. The highest BCUT2D eigenvalue weighted by molar-refractivity contribution is 7.09. The Bertz CT molecular complexity index is 930. The molecule has 0 aliphatic heterocycles. The fourth-order valence-electron chi connectivity index (χ4n) is 2.20. The summed E-state index contributed by atoms with van der Waals surface area (Å²) in [7, 11) is 0. The highest BCUT2D eigenvalue weighted by Crippen LogP contribution is 2.34. The second kappa shape index (κ2) is 6.27. The van der Waals surface area contributed by atoms with Crippen molar-refractivity contribution in [1.82, 2.24) is 4.98 Å². The lowest BCUT2D eigenvalue weighted by Gasteiger charge is -2.10. The first-order valence-electron chi connectivity index (χ1n) is 7.08. The largest absolute Gasteiger partial charge is 0.487 e. The highest BCUT2D eigenvalue weighted by Gasteiger charge is 2.33. The molecule has 2 aromatic heterocycles. The van der Waals surface area contributed by atoms with Crippen LogP contribution in [-0.2, 0) is 19.2 Å². The first-order chi connectivity index (χ1) is 11.4. The van der Waals surface area contributed by atoms with E-state index in [4.69, 9.17) is 9.15 Å². The summed E-state index contributed by atoms with van der Waals surface area (Å²) in [6.45, 7) is 2.18. The van der Waals surface area contributed by atoms with E-state index in [0.717, 1.165) is 17.1 Å². The molecule has 0 aliphatic rings. The average Bonchev–Trinajstić information content (AvgIpc) is 2.99. The summed E-state index contributed by atoms with van der Waals surface area (Å²) in [5, 5.41) is 2.66. The van der Waals surface area contributed by atoms with Crippen LogP contribution < -0.4 is 10.4 Å². The number of hydrogen-bond donors (Lipinski definition) is 0. The van der Waals surface area contributed by atoms with E-state index >= 15 is 0 Å². The number of alkyl halides is 3. The summed E-state index contributed by atoms with van der Waals surface area (Å²) in [6.07, 6.45) is -3.81. The van der Waals surface area contributed by atoms with Crippen molar-refractivity contribution in [3.05, 3.63) is 56.3 Å². The van der Waals surface area contributed by atoms with Crippen LogP contribution in [0.5, 0.6) is 5.75 Å². The molecule has 0 bridgehead atoms. The van der Waals surface area contributed by atoms with Crippen molar-refractivity contribution in [1.29, 1.82) is 0 Å². The molecule has 8 heteroatoms. The molecular formula is C16H12F3NO3S. The number of aromatic nitrogens is 1. The molecule has 0 saturated heterocycles. The number of nitrogens with zero attached hydrogens (tertiary/aromatic N) is 1. The molecule has 0 radical (unpaired) electrons. The van der Waals surface area contributed by atoms with Crippen LogP contribution in [0.25, 0.3) is 11.0 Å². The van der Waals surface area contributed by atoms with E-state index in [1.165, 1.54) is 29.5 Å². The lowest BCUT2D eigenvalue weighted by atomic mass is 10.1. The van der Waals surface area contributed by atoms with Gasteiger partial charge >= 0.3 is 11.8 Å². The minimum atomic E-state index is -4.63. The minimum absolute atomic E-state index is 0.167. The quantitative estimate of drug-likeness (QED) is 0.651. The Morgan fingerprint density at radius 3 is 2.75 bits per heavy atom. The number of fused-ring (bicyclic) bond motifs is 1. The van der Waals surface area contributed by atoms with E-state index in [-0.39, 0.29) is 17.6 Å². The maximum absolute atomic E-state index is 13.0. The van der Waals surface area contributed by atoms with Crippen LogP contribution in [0, 0.1) is 0 Å². The zero-order valence-electron chi connectivity index (χ0n) is 12.5. The number of ether oxygens (including phenoxy) is 1. The molecule has 126 valence electrons. The molecule has 3 aromatic rings. The van der Waals surface area contributed by atoms with Gasteiger partial charge in [0.05, 0.1) is 16.3 Å². The van der Waals surface area contributed by atoms with Gasteiger partial charge in [-0.15, -0.1) is 11.3 Å². The van der Waals surface area contributed by atoms with Crippen molar-refractivity contribution in [2.45, 2.75) is 26.1 Å². The van der Waals surface area contributed by atoms with E-state index in [1.807, 2.05) is 12.3 Å². The topological polar surface area (TPSA) is 52.3 Å². The van der Waals surface area contributed by atoms with Gasteiger partial charge in [-0.25, -0.2) is 9.78 Å². The van der Waals surface area contributed by atoms with E-state index in [1.54, 1.807) is 0 Å². The normalized spacial score (nSPS) is 11.8. The summed E-state index contributed by atoms with van der Waals surface area (Å²) in [5.74, 6) is 0.302. The third-order valence-corrected chi connectivity index (χ3v) is 4.35. The van der Waals surface area contributed by atoms with Gasteiger partial charge in [-0.05, 0) is 18.6 Å². The molecule has 0 N–H and O–H groups in total. The minimum Gasteiger partial charge on any atom is -0.487 e.